The first-order valence-electron chi connectivity index (χ1n) is 11.7. The Hall–Kier alpha value is -3.82. The third kappa shape index (κ3) is 4.10. The van der Waals surface area contributed by atoms with E-state index in [9.17, 15) is 22.8 Å². The first-order chi connectivity index (χ1) is 17.2. The van der Waals surface area contributed by atoms with E-state index in [1.165, 1.54) is 34.6 Å². The van der Waals surface area contributed by atoms with Gasteiger partial charge in [-0.05, 0) is 80.3 Å². The van der Waals surface area contributed by atoms with Crippen LogP contribution in [0.15, 0.2) is 65.6 Å². The lowest BCUT2D eigenvalue weighted by atomic mass is 10.1. The average Bonchev–Trinajstić information content (AvgIpc) is 3.49. The first kappa shape index (κ1) is 23.9. The fraction of sp³-hybridized carbons (Fsp3) is 0.222. The summed E-state index contributed by atoms with van der Waals surface area (Å²) < 4.78 is 27.2. The Morgan fingerprint density at radius 1 is 0.861 bits per heavy atom. The van der Waals surface area contributed by atoms with Gasteiger partial charge < -0.3 is 5.32 Å². The standard InChI is InChI=1S/C27H25N3O5S/c1-17-8-9-18(2)24(14-17)30-26(32)22-11-10-19(15-23(22)27(30)33)25(31)28-20-6-5-7-21(16-20)36(34,35)29-12-3-4-13-29/h5-11,14-16H,3-4,12-13H2,1-2H3,(H,28,31). The fourth-order valence-electron chi connectivity index (χ4n) is 4.58. The van der Waals surface area contributed by atoms with E-state index < -0.39 is 27.7 Å². The third-order valence-electron chi connectivity index (χ3n) is 6.55. The summed E-state index contributed by atoms with van der Waals surface area (Å²) in [4.78, 5) is 40.5. The van der Waals surface area contributed by atoms with Gasteiger partial charge in [0, 0.05) is 24.3 Å². The lowest BCUT2D eigenvalue weighted by Gasteiger charge is -2.17. The van der Waals surface area contributed by atoms with Crippen molar-refractivity contribution in [3.05, 3.63) is 88.5 Å². The van der Waals surface area contributed by atoms with Gasteiger partial charge in [0.05, 0.1) is 21.7 Å². The molecule has 0 radical (unpaired) electrons. The number of hydrogen-bond acceptors (Lipinski definition) is 5. The molecule has 1 fully saturated rings. The molecule has 5 rings (SSSR count). The van der Waals surface area contributed by atoms with Crippen LogP contribution in [0.25, 0.3) is 0 Å². The summed E-state index contributed by atoms with van der Waals surface area (Å²) in [7, 11) is -3.63. The van der Waals surface area contributed by atoms with Crippen LogP contribution in [0.3, 0.4) is 0 Å². The second kappa shape index (κ2) is 9.00. The maximum Gasteiger partial charge on any atom is 0.266 e. The molecule has 1 saturated heterocycles. The zero-order valence-electron chi connectivity index (χ0n) is 19.9. The van der Waals surface area contributed by atoms with E-state index in [0.29, 0.717) is 24.5 Å². The Morgan fingerprint density at radius 3 is 2.33 bits per heavy atom. The van der Waals surface area contributed by atoms with Gasteiger partial charge in [0.15, 0.2) is 0 Å². The van der Waals surface area contributed by atoms with E-state index in [2.05, 4.69) is 5.32 Å². The van der Waals surface area contributed by atoms with Crippen LogP contribution >= 0.6 is 0 Å². The van der Waals surface area contributed by atoms with E-state index in [1.807, 2.05) is 26.0 Å². The number of anilines is 2. The minimum Gasteiger partial charge on any atom is -0.322 e. The number of nitrogens with one attached hydrogen (secondary N) is 1. The molecule has 184 valence electrons. The summed E-state index contributed by atoms with van der Waals surface area (Å²) in [6, 6.07) is 16.0. The SMILES string of the molecule is Cc1ccc(C)c(N2C(=O)c3ccc(C(=O)Nc4cccc(S(=O)(=O)N5CCCC5)c4)cc3C2=O)c1. The number of rotatable bonds is 5. The van der Waals surface area contributed by atoms with Crippen LogP contribution in [0.1, 0.15) is 55.0 Å². The minimum atomic E-state index is -3.63. The Bertz CT molecular complexity index is 1520. The number of nitrogens with zero attached hydrogens (tertiary/aromatic N) is 2. The molecule has 2 heterocycles. The molecule has 0 aliphatic carbocycles. The maximum absolute atomic E-state index is 13.2. The lowest BCUT2D eigenvalue weighted by molar-refractivity contribution is 0.0925. The van der Waals surface area contributed by atoms with Crippen LogP contribution in [-0.4, -0.2) is 43.5 Å². The number of sulfonamides is 1. The highest BCUT2D eigenvalue weighted by atomic mass is 32.2. The van der Waals surface area contributed by atoms with Gasteiger partial charge in [0.1, 0.15) is 0 Å². The van der Waals surface area contributed by atoms with E-state index in [-0.39, 0.29) is 21.6 Å². The van der Waals surface area contributed by atoms with Crippen LogP contribution < -0.4 is 10.2 Å². The number of carbonyl (C=O) groups is 3. The molecule has 8 nitrogen and oxygen atoms in total. The molecule has 0 atom stereocenters. The molecule has 0 unspecified atom stereocenters. The Balaban J connectivity index is 1.40. The summed E-state index contributed by atoms with van der Waals surface area (Å²) in [5.41, 5.74) is 3.11. The van der Waals surface area contributed by atoms with Crippen LogP contribution in [0, 0.1) is 13.8 Å². The van der Waals surface area contributed by atoms with E-state index >= 15 is 0 Å². The topological polar surface area (TPSA) is 104 Å². The Kier molecular flexibility index (Phi) is 5.97. The van der Waals surface area contributed by atoms with Gasteiger partial charge in [0.2, 0.25) is 10.0 Å². The largest absolute Gasteiger partial charge is 0.322 e. The molecular formula is C27H25N3O5S. The summed E-state index contributed by atoms with van der Waals surface area (Å²) in [6.45, 7) is 4.68. The van der Waals surface area contributed by atoms with E-state index in [4.69, 9.17) is 0 Å². The second-order valence-corrected chi connectivity index (χ2v) is 11.0. The van der Waals surface area contributed by atoms with Crippen molar-refractivity contribution in [2.45, 2.75) is 31.6 Å². The van der Waals surface area contributed by atoms with Gasteiger partial charge in [-0.15, -0.1) is 0 Å². The molecule has 9 heteroatoms. The summed E-state index contributed by atoms with van der Waals surface area (Å²) >= 11 is 0. The summed E-state index contributed by atoms with van der Waals surface area (Å²) in [6.07, 6.45) is 1.66. The highest BCUT2D eigenvalue weighted by Crippen LogP contribution is 2.32. The van der Waals surface area contributed by atoms with Gasteiger partial charge in [-0.25, -0.2) is 13.3 Å². The number of hydrogen-bond donors (Lipinski definition) is 1. The van der Waals surface area contributed by atoms with Gasteiger partial charge in [0.25, 0.3) is 17.7 Å². The zero-order chi connectivity index (χ0) is 25.6. The number of aryl methyl sites for hydroxylation is 2. The van der Waals surface area contributed by atoms with Crippen molar-refractivity contribution in [2.24, 2.45) is 0 Å². The predicted molar refractivity (Wildman–Crippen MR) is 136 cm³/mol. The highest BCUT2D eigenvalue weighted by Gasteiger charge is 2.38. The highest BCUT2D eigenvalue weighted by molar-refractivity contribution is 7.89. The molecule has 3 aromatic carbocycles. The number of benzene rings is 3. The first-order valence-corrected chi connectivity index (χ1v) is 13.1. The van der Waals surface area contributed by atoms with Crippen molar-refractivity contribution in [3.63, 3.8) is 0 Å². The molecule has 0 aromatic heterocycles. The quantitative estimate of drug-likeness (QED) is 0.527. The predicted octanol–water partition coefficient (Wildman–Crippen LogP) is 4.14. The fourth-order valence-corrected chi connectivity index (χ4v) is 6.14. The average molecular weight is 504 g/mol. The number of imide groups is 1. The number of amides is 3. The molecule has 0 bridgehead atoms. The third-order valence-corrected chi connectivity index (χ3v) is 8.44. The van der Waals surface area contributed by atoms with Crippen LogP contribution in [0.4, 0.5) is 11.4 Å². The summed E-state index contributed by atoms with van der Waals surface area (Å²) in [5.74, 6) is -1.44. The molecule has 0 saturated carbocycles. The molecule has 3 aromatic rings. The molecule has 2 aliphatic heterocycles. The lowest BCUT2D eigenvalue weighted by Crippen LogP contribution is -2.30. The molecule has 2 aliphatic rings. The zero-order valence-corrected chi connectivity index (χ0v) is 20.8. The van der Waals surface area contributed by atoms with E-state index in [0.717, 1.165) is 28.9 Å². The van der Waals surface area contributed by atoms with Crippen molar-refractivity contribution in [2.75, 3.05) is 23.3 Å². The van der Waals surface area contributed by atoms with Crippen molar-refractivity contribution in [1.29, 1.82) is 0 Å². The molecule has 3 amide bonds. The second-order valence-electron chi connectivity index (χ2n) is 9.09. The molecule has 0 spiro atoms. The van der Waals surface area contributed by atoms with Crippen LogP contribution in [0.2, 0.25) is 0 Å². The summed E-state index contributed by atoms with van der Waals surface area (Å²) in [5, 5.41) is 2.71. The number of fused-ring (bicyclic) bond motifs is 1. The van der Waals surface area contributed by atoms with Crippen LogP contribution in [0.5, 0.6) is 0 Å². The molecule has 36 heavy (non-hydrogen) atoms. The van der Waals surface area contributed by atoms with Crippen LogP contribution in [-0.2, 0) is 10.0 Å². The number of carbonyl (C=O) groups excluding carboxylic acids is 3. The van der Waals surface area contributed by atoms with Gasteiger partial charge in [-0.3, -0.25) is 14.4 Å². The smallest absolute Gasteiger partial charge is 0.266 e. The van der Waals surface area contributed by atoms with E-state index in [1.54, 1.807) is 18.2 Å². The van der Waals surface area contributed by atoms with Gasteiger partial charge >= 0.3 is 0 Å². The molecular weight excluding hydrogens is 478 g/mol. The van der Waals surface area contributed by atoms with Crippen molar-refractivity contribution in [1.82, 2.24) is 4.31 Å². The maximum atomic E-state index is 13.2. The molecule has 1 N–H and O–H groups in total. The van der Waals surface area contributed by atoms with Gasteiger partial charge in [-0.2, -0.15) is 4.31 Å². The van der Waals surface area contributed by atoms with Crippen molar-refractivity contribution in [3.8, 4) is 0 Å². The normalized spacial score (nSPS) is 15.9. The monoisotopic (exact) mass is 503 g/mol. The minimum absolute atomic E-state index is 0.112. The van der Waals surface area contributed by atoms with Gasteiger partial charge in [-0.1, -0.05) is 18.2 Å². The van der Waals surface area contributed by atoms with Crippen molar-refractivity contribution < 1.29 is 22.8 Å². The Labute approximate surface area is 209 Å². The van der Waals surface area contributed by atoms with Crippen molar-refractivity contribution >= 4 is 39.1 Å². The Morgan fingerprint density at radius 2 is 1.58 bits per heavy atom.